The van der Waals surface area contributed by atoms with Gasteiger partial charge in [0.25, 0.3) is 0 Å². The number of amides is 1. The number of para-hydroxylation sites is 1. The van der Waals surface area contributed by atoms with Gasteiger partial charge in [0.05, 0.1) is 6.04 Å². The van der Waals surface area contributed by atoms with Crippen molar-refractivity contribution < 1.29 is 18.3 Å². The van der Waals surface area contributed by atoms with Crippen LogP contribution in [0.1, 0.15) is 38.3 Å². The molecule has 0 bridgehead atoms. The number of carbonyl (C=O) groups excluding carboxylic acids is 1. The highest BCUT2D eigenvalue weighted by Gasteiger charge is 2.17. The van der Waals surface area contributed by atoms with Crippen LogP contribution >= 0.6 is 0 Å². The third-order valence-corrected chi connectivity index (χ3v) is 3.36. The van der Waals surface area contributed by atoms with E-state index in [1.54, 1.807) is 25.1 Å². The maximum absolute atomic E-state index is 12.4. The van der Waals surface area contributed by atoms with Crippen molar-refractivity contribution in [1.82, 2.24) is 5.32 Å². The van der Waals surface area contributed by atoms with Gasteiger partial charge in [-0.1, -0.05) is 31.5 Å². The van der Waals surface area contributed by atoms with Crippen LogP contribution in [0.2, 0.25) is 0 Å². The van der Waals surface area contributed by atoms with Crippen LogP contribution in [0.5, 0.6) is 5.75 Å². The standard InChI is InChI=1S/C15H22F2N2O2/c1-3-11(9-18)8-14(20)19-10(2)12-6-4-5-7-13(12)21-15(16)17/h4-7,10-11,15H,3,8-9,18H2,1-2H3,(H,19,20). The fourth-order valence-corrected chi connectivity index (χ4v) is 2.08. The number of alkyl halides is 2. The van der Waals surface area contributed by atoms with Gasteiger partial charge >= 0.3 is 6.61 Å². The zero-order chi connectivity index (χ0) is 15.8. The Bertz CT molecular complexity index is 451. The Balaban J connectivity index is 2.71. The van der Waals surface area contributed by atoms with E-state index in [1.807, 2.05) is 6.92 Å². The fraction of sp³-hybridized carbons (Fsp3) is 0.533. The zero-order valence-electron chi connectivity index (χ0n) is 12.3. The summed E-state index contributed by atoms with van der Waals surface area (Å²) in [5.41, 5.74) is 6.09. The van der Waals surface area contributed by atoms with Crippen LogP contribution in [0.3, 0.4) is 0 Å². The molecular formula is C15H22F2N2O2. The number of rotatable bonds is 8. The molecule has 0 fully saturated rings. The average Bonchev–Trinajstić information content (AvgIpc) is 2.44. The maximum Gasteiger partial charge on any atom is 0.387 e. The number of benzene rings is 1. The van der Waals surface area contributed by atoms with E-state index in [-0.39, 0.29) is 17.6 Å². The predicted molar refractivity (Wildman–Crippen MR) is 77.1 cm³/mol. The second-order valence-electron chi connectivity index (χ2n) is 4.92. The zero-order valence-corrected chi connectivity index (χ0v) is 12.3. The van der Waals surface area contributed by atoms with Gasteiger partial charge in [-0.15, -0.1) is 0 Å². The summed E-state index contributed by atoms with van der Waals surface area (Å²) < 4.78 is 29.2. The minimum absolute atomic E-state index is 0.0752. The molecule has 0 saturated heterocycles. The van der Waals surface area contributed by atoms with E-state index in [4.69, 9.17) is 5.73 Å². The Hall–Kier alpha value is -1.69. The number of ether oxygens (including phenoxy) is 1. The fourth-order valence-electron chi connectivity index (χ4n) is 2.08. The Kier molecular flexibility index (Phi) is 7.08. The summed E-state index contributed by atoms with van der Waals surface area (Å²) in [5.74, 6) is 0.0579. The van der Waals surface area contributed by atoms with Crippen molar-refractivity contribution in [3.8, 4) is 5.75 Å². The van der Waals surface area contributed by atoms with Crippen molar-refractivity contribution in [2.75, 3.05) is 6.54 Å². The van der Waals surface area contributed by atoms with E-state index >= 15 is 0 Å². The number of nitrogens with two attached hydrogens (primary N) is 1. The van der Waals surface area contributed by atoms with Crippen LogP contribution in [-0.2, 0) is 4.79 Å². The van der Waals surface area contributed by atoms with E-state index in [9.17, 15) is 13.6 Å². The van der Waals surface area contributed by atoms with Crippen molar-refractivity contribution in [1.29, 1.82) is 0 Å². The molecule has 0 aromatic heterocycles. The molecule has 0 aliphatic heterocycles. The average molecular weight is 300 g/mol. The molecule has 3 N–H and O–H groups in total. The number of nitrogens with one attached hydrogen (secondary N) is 1. The third-order valence-electron chi connectivity index (χ3n) is 3.36. The Morgan fingerprint density at radius 1 is 1.38 bits per heavy atom. The lowest BCUT2D eigenvalue weighted by Crippen LogP contribution is -2.30. The minimum atomic E-state index is -2.89. The molecule has 0 radical (unpaired) electrons. The highest BCUT2D eigenvalue weighted by atomic mass is 19.3. The topological polar surface area (TPSA) is 64.4 Å². The van der Waals surface area contributed by atoms with Gasteiger partial charge in [-0.3, -0.25) is 4.79 Å². The van der Waals surface area contributed by atoms with Crippen molar-refractivity contribution >= 4 is 5.91 Å². The lowest BCUT2D eigenvalue weighted by atomic mass is 10.0. The molecule has 4 nitrogen and oxygen atoms in total. The Labute approximate surface area is 123 Å². The van der Waals surface area contributed by atoms with Gasteiger partial charge in [0.2, 0.25) is 5.91 Å². The second kappa shape index (κ2) is 8.56. The summed E-state index contributed by atoms with van der Waals surface area (Å²) in [5, 5.41) is 2.79. The number of halogens is 2. The van der Waals surface area contributed by atoms with Gasteiger partial charge in [0.15, 0.2) is 0 Å². The van der Waals surface area contributed by atoms with E-state index in [1.165, 1.54) is 6.07 Å². The van der Waals surface area contributed by atoms with Crippen LogP contribution in [0.25, 0.3) is 0 Å². The monoisotopic (exact) mass is 300 g/mol. The Morgan fingerprint density at radius 3 is 2.62 bits per heavy atom. The van der Waals surface area contributed by atoms with Crippen molar-refractivity contribution in [3.05, 3.63) is 29.8 Å². The molecule has 0 heterocycles. The van der Waals surface area contributed by atoms with Gasteiger partial charge in [0, 0.05) is 12.0 Å². The first kappa shape index (κ1) is 17.4. The number of carbonyl (C=O) groups is 1. The van der Waals surface area contributed by atoms with Gasteiger partial charge in [0.1, 0.15) is 5.75 Å². The summed E-state index contributed by atoms with van der Waals surface area (Å²) in [6, 6.07) is 6.02. The van der Waals surface area contributed by atoms with E-state index in [2.05, 4.69) is 10.1 Å². The van der Waals surface area contributed by atoms with Crippen molar-refractivity contribution in [2.24, 2.45) is 11.7 Å². The molecule has 21 heavy (non-hydrogen) atoms. The molecule has 2 atom stereocenters. The molecule has 0 spiro atoms. The molecule has 0 aliphatic rings. The smallest absolute Gasteiger partial charge is 0.387 e. The second-order valence-corrected chi connectivity index (χ2v) is 4.92. The maximum atomic E-state index is 12.4. The third kappa shape index (κ3) is 5.67. The summed E-state index contributed by atoms with van der Waals surface area (Å²) in [6.45, 7) is 1.26. The molecule has 1 rings (SSSR count). The van der Waals surface area contributed by atoms with E-state index in [0.717, 1.165) is 6.42 Å². The highest BCUT2D eigenvalue weighted by molar-refractivity contribution is 5.76. The normalized spacial score (nSPS) is 13.8. The number of hydrogen-bond acceptors (Lipinski definition) is 3. The molecule has 1 aromatic rings. The summed E-state index contributed by atoms with van der Waals surface area (Å²) in [6.07, 6.45) is 1.15. The van der Waals surface area contributed by atoms with Gasteiger partial charge < -0.3 is 15.8 Å². The first-order valence-electron chi connectivity index (χ1n) is 7.01. The van der Waals surface area contributed by atoms with Gasteiger partial charge in [-0.25, -0.2) is 0 Å². The SMILES string of the molecule is CCC(CN)CC(=O)NC(C)c1ccccc1OC(F)F. The molecule has 6 heteroatoms. The van der Waals surface area contributed by atoms with Crippen LogP contribution in [0.4, 0.5) is 8.78 Å². The van der Waals surface area contributed by atoms with Gasteiger partial charge in [-0.05, 0) is 25.5 Å². The van der Waals surface area contributed by atoms with Crippen LogP contribution in [-0.4, -0.2) is 19.1 Å². The van der Waals surface area contributed by atoms with Crippen molar-refractivity contribution in [2.45, 2.75) is 39.3 Å². The Morgan fingerprint density at radius 2 is 2.05 bits per heavy atom. The predicted octanol–water partition coefficient (Wildman–Crippen LogP) is 2.84. The quantitative estimate of drug-likeness (QED) is 0.776. The molecule has 2 unspecified atom stereocenters. The molecule has 0 saturated carbocycles. The summed E-state index contributed by atoms with van der Waals surface area (Å²) in [7, 11) is 0. The van der Waals surface area contributed by atoms with Gasteiger partial charge in [-0.2, -0.15) is 8.78 Å². The highest BCUT2D eigenvalue weighted by Crippen LogP contribution is 2.26. The van der Waals surface area contributed by atoms with Crippen LogP contribution < -0.4 is 15.8 Å². The first-order chi connectivity index (χ1) is 9.97. The largest absolute Gasteiger partial charge is 0.434 e. The van der Waals surface area contributed by atoms with Crippen molar-refractivity contribution in [3.63, 3.8) is 0 Å². The number of hydrogen-bond donors (Lipinski definition) is 2. The summed E-state index contributed by atoms with van der Waals surface area (Å²) in [4.78, 5) is 11.9. The van der Waals surface area contributed by atoms with E-state index in [0.29, 0.717) is 18.5 Å². The van der Waals surface area contributed by atoms with Crippen LogP contribution in [0, 0.1) is 5.92 Å². The summed E-state index contributed by atoms with van der Waals surface area (Å²) >= 11 is 0. The molecule has 0 aliphatic carbocycles. The minimum Gasteiger partial charge on any atom is -0.434 e. The molecular weight excluding hydrogens is 278 g/mol. The molecule has 118 valence electrons. The lowest BCUT2D eigenvalue weighted by Gasteiger charge is -2.19. The van der Waals surface area contributed by atoms with Crippen LogP contribution in [0.15, 0.2) is 24.3 Å². The lowest BCUT2D eigenvalue weighted by molar-refractivity contribution is -0.122. The first-order valence-corrected chi connectivity index (χ1v) is 7.01. The molecule has 1 amide bonds. The molecule has 1 aromatic carbocycles. The van der Waals surface area contributed by atoms with E-state index < -0.39 is 12.7 Å².